The topological polar surface area (TPSA) is 51.5 Å². The Morgan fingerprint density at radius 2 is 2.38 bits per heavy atom. The second-order valence-corrected chi connectivity index (χ2v) is 4.27. The van der Waals surface area contributed by atoms with Crippen molar-refractivity contribution >= 4 is 17.7 Å². The van der Waals surface area contributed by atoms with Gasteiger partial charge in [-0.2, -0.15) is 11.8 Å². The second kappa shape index (κ2) is 7.35. The van der Waals surface area contributed by atoms with E-state index in [2.05, 4.69) is 16.3 Å². The van der Waals surface area contributed by atoms with Crippen LogP contribution >= 0.6 is 11.8 Å². The first kappa shape index (κ1) is 13.1. The van der Waals surface area contributed by atoms with Crippen LogP contribution in [0.2, 0.25) is 0 Å². The minimum absolute atomic E-state index is 0.253. The van der Waals surface area contributed by atoms with Crippen molar-refractivity contribution in [1.82, 2.24) is 5.32 Å². The summed E-state index contributed by atoms with van der Waals surface area (Å²) in [6.07, 6.45) is 3.22. The van der Waals surface area contributed by atoms with Gasteiger partial charge in [-0.15, -0.1) is 0 Å². The number of carbonyl (C=O) groups excluding carboxylic acids is 1. The molecule has 0 radical (unpaired) electrons. The first-order valence-corrected chi connectivity index (χ1v) is 6.54. The molecule has 0 atom stereocenters. The molecule has 0 amide bonds. The van der Waals surface area contributed by atoms with Gasteiger partial charge in [-0.05, 0) is 37.1 Å². The molecule has 16 heavy (non-hydrogen) atoms. The van der Waals surface area contributed by atoms with E-state index in [-0.39, 0.29) is 5.76 Å². The van der Waals surface area contributed by atoms with Crippen LogP contribution in [0.25, 0.3) is 0 Å². The van der Waals surface area contributed by atoms with Gasteiger partial charge in [0.2, 0.25) is 5.76 Å². The molecule has 0 bridgehead atoms. The van der Waals surface area contributed by atoms with Crippen molar-refractivity contribution in [3.05, 3.63) is 23.7 Å². The summed E-state index contributed by atoms with van der Waals surface area (Å²) in [4.78, 5) is 11.1. The summed E-state index contributed by atoms with van der Waals surface area (Å²) in [6, 6.07) is 3.42. The minimum Gasteiger partial charge on any atom is -0.463 e. The maximum Gasteiger partial charge on any atom is 0.373 e. The number of furan rings is 1. The van der Waals surface area contributed by atoms with Crippen molar-refractivity contribution in [3.8, 4) is 0 Å². The van der Waals surface area contributed by atoms with Crippen molar-refractivity contribution < 1.29 is 13.9 Å². The van der Waals surface area contributed by atoms with E-state index < -0.39 is 5.97 Å². The van der Waals surface area contributed by atoms with Crippen molar-refractivity contribution in [1.29, 1.82) is 0 Å². The number of esters is 1. The maximum atomic E-state index is 11.1. The van der Waals surface area contributed by atoms with Crippen LogP contribution in [0.4, 0.5) is 0 Å². The minimum atomic E-state index is -0.436. The molecule has 0 aliphatic heterocycles. The van der Waals surface area contributed by atoms with Crippen molar-refractivity contribution in [2.24, 2.45) is 0 Å². The average Bonchev–Trinajstić information content (AvgIpc) is 2.76. The highest BCUT2D eigenvalue weighted by Crippen LogP contribution is 2.08. The Balaban J connectivity index is 2.27. The number of hydrogen-bond acceptors (Lipinski definition) is 5. The number of hydrogen-bond donors (Lipinski definition) is 1. The SMILES string of the molecule is COC(=O)c1ccc(CNCCCSC)o1. The number of thioether (sulfide) groups is 1. The lowest BCUT2D eigenvalue weighted by Crippen LogP contribution is -2.14. The molecule has 0 aliphatic rings. The van der Waals surface area contributed by atoms with E-state index in [9.17, 15) is 4.79 Å². The summed E-state index contributed by atoms with van der Waals surface area (Å²) < 4.78 is 9.85. The zero-order valence-corrected chi connectivity index (χ0v) is 10.4. The highest BCUT2D eigenvalue weighted by molar-refractivity contribution is 7.98. The molecule has 1 N–H and O–H groups in total. The number of nitrogens with one attached hydrogen (secondary N) is 1. The number of ether oxygens (including phenoxy) is 1. The van der Waals surface area contributed by atoms with Gasteiger partial charge in [0, 0.05) is 0 Å². The highest BCUT2D eigenvalue weighted by atomic mass is 32.2. The lowest BCUT2D eigenvalue weighted by molar-refractivity contribution is 0.0563. The van der Waals surface area contributed by atoms with Crippen molar-refractivity contribution in [2.45, 2.75) is 13.0 Å². The fourth-order valence-corrected chi connectivity index (χ4v) is 1.67. The molecular formula is C11H17NO3S. The zero-order valence-electron chi connectivity index (χ0n) is 9.62. The predicted octanol–water partition coefficient (Wildman–Crippen LogP) is 1.91. The molecule has 0 unspecified atom stereocenters. The van der Waals surface area contributed by atoms with Crippen LogP contribution in [0.15, 0.2) is 16.5 Å². The van der Waals surface area contributed by atoms with Crippen LogP contribution < -0.4 is 5.32 Å². The molecule has 90 valence electrons. The van der Waals surface area contributed by atoms with Crippen LogP contribution in [-0.4, -0.2) is 31.6 Å². The summed E-state index contributed by atoms with van der Waals surface area (Å²) in [5, 5.41) is 3.25. The van der Waals surface area contributed by atoms with E-state index in [0.717, 1.165) is 24.5 Å². The summed E-state index contributed by atoms with van der Waals surface area (Å²) in [7, 11) is 1.34. The summed E-state index contributed by atoms with van der Waals surface area (Å²) >= 11 is 1.83. The first-order chi connectivity index (χ1) is 7.77. The van der Waals surface area contributed by atoms with Gasteiger partial charge in [0.15, 0.2) is 0 Å². The number of rotatable bonds is 7. The van der Waals surface area contributed by atoms with E-state index in [0.29, 0.717) is 6.54 Å². The quantitative estimate of drug-likeness (QED) is 0.585. The van der Waals surface area contributed by atoms with Gasteiger partial charge in [-0.3, -0.25) is 0 Å². The van der Waals surface area contributed by atoms with E-state index >= 15 is 0 Å². The number of methoxy groups -OCH3 is 1. The summed E-state index contributed by atoms with van der Waals surface area (Å²) in [6.45, 7) is 1.60. The first-order valence-electron chi connectivity index (χ1n) is 5.14. The molecule has 1 aromatic rings. The average molecular weight is 243 g/mol. The molecule has 0 aliphatic carbocycles. The molecule has 0 spiro atoms. The molecule has 0 fully saturated rings. The van der Waals surface area contributed by atoms with Gasteiger partial charge >= 0.3 is 5.97 Å². The molecule has 1 heterocycles. The predicted molar refractivity (Wildman–Crippen MR) is 64.8 cm³/mol. The molecule has 4 nitrogen and oxygen atoms in total. The zero-order chi connectivity index (χ0) is 11.8. The van der Waals surface area contributed by atoms with Gasteiger partial charge in [-0.1, -0.05) is 0 Å². The Bertz CT molecular complexity index is 325. The summed E-state index contributed by atoms with van der Waals surface area (Å²) in [5.41, 5.74) is 0. The normalized spacial score (nSPS) is 10.4. The Morgan fingerprint density at radius 3 is 3.06 bits per heavy atom. The number of carbonyl (C=O) groups is 1. The monoisotopic (exact) mass is 243 g/mol. The fourth-order valence-electron chi connectivity index (χ4n) is 1.24. The van der Waals surface area contributed by atoms with Gasteiger partial charge in [0.05, 0.1) is 13.7 Å². The molecule has 0 aromatic carbocycles. The third-order valence-electron chi connectivity index (χ3n) is 2.05. The van der Waals surface area contributed by atoms with Crippen LogP contribution in [0, 0.1) is 0 Å². The third kappa shape index (κ3) is 4.28. The van der Waals surface area contributed by atoms with E-state index in [1.165, 1.54) is 7.11 Å². The molecular weight excluding hydrogens is 226 g/mol. The Hall–Kier alpha value is -0.940. The summed E-state index contributed by atoms with van der Waals surface area (Å²) in [5.74, 6) is 1.72. The van der Waals surface area contributed by atoms with Gasteiger partial charge in [-0.25, -0.2) is 4.79 Å². The van der Waals surface area contributed by atoms with Crippen LogP contribution in [-0.2, 0) is 11.3 Å². The third-order valence-corrected chi connectivity index (χ3v) is 2.75. The smallest absolute Gasteiger partial charge is 0.373 e. The van der Waals surface area contributed by atoms with E-state index in [1.54, 1.807) is 12.1 Å². The lowest BCUT2D eigenvalue weighted by atomic mass is 10.4. The van der Waals surface area contributed by atoms with Gasteiger partial charge < -0.3 is 14.5 Å². The largest absolute Gasteiger partial charge is 0.463 e. The Morgan fingerprint density at radius 1 is 1.56 bits per heavy atom. The lowest BCUT2D eigenvalue weighted by Gasteiger charge is -2.01. The van der Waals surface area contributed by atoms with Crippen molar-refractivity contribution in [3.63, 3.8) is 0 Å². The van der Waals surface area contributed by atoms with Gasteiger partial charge in [0.1, 0.15) is 5.76 Å². The van der Waals surface area contributed by atoms with Crippen LogP contribution in [0.3, 0.4) is 0 Å². The van der Waals surface area contributed by atoms with Crippen LogP contribution in [0.1, 0.15) is 22.7 Å². The molecule has 5 heteroatoms. The molecule has 0 saturated heterocycles. The van der Waals surface area contributed by atoms with Gasteiger partial charge in [0.25, 0.3) is 0 Å². The maximum absolute atomic E-state index is 11.1. The molecule has 1 rings (SSSR count). The Kier molecular flexibility index (Phi) is 6.03. The van der Waals surface area contributed by atoms with E-state index in [1.807, 2.05) is 11.8 Å². The highest BCUT2D eigenvalue weighted by Gasteiger charge is 2.10. The second-order valence-electron chi connectivity index (χ2n) is 3.28. The van der Waals surface area contributed by atoms with E-state index in [4.69, 9.17) is 4.42 Å². The fraction of sp³-hybridized carbons (Fsp3) is 0.545. The molecule has 1 aromatic heterocycles. The molecule has 0 saturated carbocycles. The Labute approximate surface area is 99.7 Å². The standard InChI is InChI=1S/C11H17NO3S/c1-14-11(13)10-5-4-9(15-10)8-12-6-3-7-16-2/h4-5,12H,3,6-8H2,1-2H3. The van der Waals surface area contributed by atoms with Crippen LogP contribution in [0.5, 0.6) is 0 Å². The van der Waals surface area contributed by atoms with Crippen molar-refractivity contribution in [2.75, 3.05) is 25.7 Å².